The molecule has 0 aromatic heterocycles. The van der Waals surface area contributed by atoms with E-state index < -0.39 is 8.32 Å². The average molecular weight is 382 g/mol. The summed E-state index contributed by atoms with van der Waals surface area (Å²) >= 11 is 0. The van der Waals surface area contributed by atoms with E-state index in [4.69, 9.17) is 0 Å². The number of amides is 1. The summed E-state index contributed by atoms with van der Waals surface area (Å²) in [4.78, 5) is 22.7. The molecule has 0 bridgehead atoms. The highest BCUT2D eigenvalue weighted by atomic mass is 28.4. The van der Waals surface area contributed by atoms with Gasteiger partial charge in [-0.05, 0) is 47.7 Å². The summed E-state index contributed by atoms with van der Waals surface area (Å²) in [7, 11) is -2.21. The van der Waals surface area contributed by atoms with Crippen LogP contribution in [0.25, 0.3) is 5.57 Å². The zero-order valence-electron chi connectivity index (χ0n) is 16.9. The van der Waals surface area contributed by atoms with E-state index in [-0.39, 0.29) is 10.9 Å². The summed E-state index contributed by atoms with van der Waals surface area (Å²) in [5, 5.41) is 2.87. The third-order valence-electron chi connectivity index (χ3n) is 5.42. The molecule has 0 saturated carbocycles. The van der Waals surface area contributed by atoms with Crippen molar-refractivity contribution < 1.29 is 9.59 Å². The molecule has 3 nitrogen and oxygen atoms in total. The van der Waals surface area contributed by atoms with Gasteiger partial charge in [-0.15, -0.1) is 0 Å². The highest BCUT2D eigenvalue weighted by Crippen LogP contribution is 2.38. The van der Waals surface area contributed by atoms with Gasteiger partial charge < -0.3 is 10.1 Å². The van der Waals surface area contributed by atoms with E-state index in [1.54, 1.807) is 0 Å². The molecule has 1 amide bonds. The number of hydrogen-bond donors (Lipinski definition) is 2. The molecule has 0 aliphatic rings. The molecule has 2 aromatic carbocycles. The maximum absolute atomic E-state index is 12.2. The lowest BCUT2D eigenvalue weighted by atomic mass is 10.00. The lowest BCUT2D eigenvalue weighted by molar-refractivity contribution is -0.115. The Morgan fingerprint density at radius 3 is 2.15 bits per heavy atom. The number of rotatable bonds is 8. The second-order valence-electron chi connectivity index (χ2n) is 8.29. The van der Waals surface area contributed by atoms with Crippen LogP contribution in [-0.4, -0.2) is 25.6 Å². The largest absolute Gasteiger partial charge is 0.432 e. The van der Waals surface area contributed by atoms with Crippen LogP contribution in [0.15, 0.2) is 61.2 Å². The molecule has 144 valence electrons. The zero-order valence-corrected chi connectivity index (χ0v) is 17.9. The van der Waals surface area contributed by atoms with E-state index in [9.17, 15) is 9.59 Å². The van der Waals surface area contributed by atoms with Gasteiger partial charge >= 0.3 is 0 Å². The highest BCUT2D eigenvalue weighted by Gasteiger charge is 2.37. The first kappa shape index (κ1) is 21.1. The number of nitrogens with one attached hydrogen (secondary N) is 1. The molecule has 0 aliphatic heterocycles. The fourth-order valence-corrected chi connectivity index (χ4v) is 3.38. The molecule has 2 N–H and O–H groups in total. The number of carbonyl (C=O) groups excluding carboxylic acids is 1. The molecule has 0 atom stereocenters. The Kier molecular flexibility index (Phi) is 6.79. The summed E-state index contributed by atoms with van der Waals surface area (Å²) in [5.41, 5.74) is 3.75. The molecule has 0 fully saturated rings. The Balaban J connectivity index is 1.85. The number of hydrogen-bond acceptors (Lipinski definition) is 2. The minimum Gasteiger partial charge on any atom is -0.432 e. The summed E-state index contributed by atoms with van der Waals surface area (Å²) in [6.45, 7) is 12.7. The molecule has 2 aromatic rings. The smallest absolute Gasteiger partial charge is 0.251 e. The second kappa shape index (κ2) is 8.68. The van der Waals surface area contributed by atoms with Crippen LogP contribution >= 0.6 is 0 Å². The molecule has 0 spiro atoms. The fourth-order valence-electron chi connectivity index (χ4n) is 2.75. The Labute approximate surface area is 164 Å². The van der Waals surface area contributed by atoms with E-state index in [1.165, 1.54) is 11.1 Å². The Morgan fingerprint density at radius 2 is 1.59 bits per heavy atom. The first-order valence-electron chi connectivity index (χ1n) is 9.43. The third-order valence-corrected chi connectivity index (χ3v) is 8.91. The van der Waals surface area contributed by atoms with Crippen molar-refractivity contribution in [1.82, 2.24) is 5.32 Å². The maximum atomic E-state index is 12.2. The van der Waals surface area contributed by atoms with Crippen LogP contribution in [0.5, 0.6) is 0 Å². The number of benzene rings is 2. The SMILES string of the molecule is C=C(C(=O)NCCc1ccc(CC(C)(C)[Si](C)(C)O)cc1)c1ccccc1. The van der Waals surface area contributed by atoms with Crippen molar-refractivity contribution in [2.45, 2.75) is 44.8 Å². The van der Waals surface area contributed by atoms with Gasteiger partial charge in [0.2, 0.25) is 0 Å². The van der Waals surface area contributed by atoms with Crippen LogP contribution in [0, 0.1) is 0 Å². The molecule has 27 heavy (non-hydrogen) atoms. The summed E-state index contributed by atoms with van der Waals surface area (Å²) in [5.74, 6) is -0.130. The van der Waals surface area contributed by atoms with Crippen LogP contribution in [0.3, 0.4) is 0 Å². The van der Waals surface area contributed by atoms with E-state index in [1.807, 2.05) is 43.4 Å². The van der Waals surface area contributed by atoms with Crippen molar-refractivity contribution in [3.05, 3.63) is 77.9 Å². The molecular formula is C23H31NO2Si. The Bertz CT molecular complexity index is 774. The van der Waals surface area contributed by atoms with Crippen molar-refractivity contribution in [3.63, 3.8) is 0 Å². The average Bonchev–Trinajstić information content (AvgIpc) is 2.62. The Morgan fingerprint density at radius 1 is 1.04 bits per heavy atom. The molecule has 4 heteroatoms. The van der Waals surface area contributed by atoms with Crippen molar-refractivity contribution in [1.29, 1.82) is 0 Å². The van der Waals surface area contributed by atoms with Crippen molar-refractivity contribution in [3.8, 4) is 0 Å². The first-order valence-corrected chi connectivity index (χ1v) is 12.4. The molecule has 2 rings (SSSR count). The van der Waals surface area contributed by atoms with Crippen LogP contribution in [0.1, 0.15) is 30.5 Å². The van der Waals surface area contributed by atoms with Gasteiger partial charge in [-0.2, -0.15) is 0 Å². The van der Waals surface area contributed by atoms with Gasteiger partial charge in [-0.3, -0.25) is 4.79 Å². The topological polar surface area (TPSA) is 49.3 Å². The minimum atomic E-state index is -2.21. The summed E-state index contributed by atoms with van der Waals surface area (Å²) in [6.07, 6.45) is 1.65. The van der Waals surface area contributed by atoms with Crippen LogP contribution in [-0.2, 0) is 17.6 Å². The summed E-state index contributed by atoms with van der Waals surface area (Å²) in [6, 6.07) is 18.0. The standard InChI is InChI=1S/C23H31NO2Si/c1-18(21-9-7-6-8-10-21)22(25)24-16-15-19-11-13-20(14-12-19)17-23(2,3)27(4,5)26/h6-14,26H,1,15-17H2,2-5H3,(H,24,25). The third kappa shape index (κ3) is 5.91. The van der Waals surface area contributed by atoms with Gasteiger partial charge in [-0.1, -0.05) is 75.0 Å². The second-order valence-corrected chi connectivity index (χ2v) is 12.8. The maximum Gasteiger partial charge on any atom is 0.251 e. The zero-order chi connectivity index (χ0) is 20.1. The first-order chi connectivity index (χ1) is 12.6. The van der Waals surface area contributed by atoms with Crippen molar-refractivity contribution >= 4 is 19.8 Å². The van der Waals surface area contributed by atoms with Crippen LogP contribution in [0.2, 0.25) is 18.1 Å². The van der Waals surface area contributed by atoms with Crippen LogP contribution < -0.4 is 5.32 Å². The highest BCUT2D eigenvalue weighted by molar-refractivity contribution is 6.72. The molecule has 0 aliphatic carbocycles. The Hall–Kier alpha value is -2.17. The van der Waals surface area contributed by atoms with Gasteiger partial charge in [0.15, 0.2) is 8.32 Å². The lowest BCUT2D eigenvalue weighted by Gasteiger charge is -2.35. The molecule has 0 unspecified atom stereocenters. The van der Waals surface area contributed by atoms with Gasteiger partial charge in [-0.25, -0.2) is 0 Å². The van der Waals surface area contributed by atoms with Crippen LogP contribution in [0.4, 0.5) is 0 Å². The number of carbonyl (C=O) groups is 1. The minimum absolute atomic E-state index is 0.0692. The predicted octanol–water partition coefficient (Wildman–Crippen LogP) is 4.58. The van der Waals surface area contributed by atoms with Gasteiger partial charge in [0, 0.05) is 12.1 Å². The predicted molar refractivity (Wildman–Crippen MR) is 116 cm³/mol. The summed E-state index contributed by atoms with van der Waals surface area (Å²) < 4.78 is 0. The van der Waals surface area contributed by atoms with Crippen molar-refractivity contribution in [2.24, 2.45) is 0 Å². The van der Waals surface area contributed by atoms with E-state index >= 15 is 0 Å². The lowest BCUT2D eigenvalue weighted by Crippen LogP contribution is -2.40. The van der Waals surface area contributed by atoms with Gasteiger partial charge in [0.25, 0.3) is 5.91 Å². The van der Waals surface area contributed by atoms with E-state index in [0.717, 1.165) is 18.4 Å². The van der Waals surface area contributed by atoms with E-state index in [2.05, 4.69) is 50.0 Å². The van der Waals surface area contributed by atoms with Crippen molar-refractivity contribution in [2.75, 3.05) is 6.54 Å². The van der Waals surface area contributed by atoms with Gasteiger partial charge in [0.1, 0.15) is 0 Å². The normalized spacial score (nSPS) is 11.9. The fraction of sp³-hybridized carbons (Fsp3) is 0.348. The molecular weight excluding hydrogens is 350 g/mol. The molecule has 0 radical (unpaired) electrons. The molecule has 0 saturated heterocycles. The monoisotopic (exact) mass is 381 g/mol. The molecule has 0 heterocycles. The quantitative estimate of drug-likeness (QED) is 0.519. The van der Waals surface area contributed by atoms with Gasteiger partial charge in [0.05, 0.1) is 0 Å². The van der Waals surface area contributed by atoms with E-state index in [0.29, 0.717) is 12.1 Å².